The predicted octanol–water partition coefficient (Wildman–Crippen LogP) is 4.06. The minimum Gasteiger partial charge on any atom is -0.324 e. The van der Waals surface area contributed by atoms with E-state index in [0.717, 1.165) is 25.9 Å². The summed E-state index contributed by atoms with van der Waals surface area (Å²) in [6.07, 6.45) is 0. The Morgan fingerprint density at radius 1 is 1.10 bits per heavy atom. The van der Waals surface area contributed by atoms with Crippen molar-refractivity contribution in [2.75, 3.05) is 10.7 Å². The van der Waals surface area contributed by atoms with Gasteiger partial charge >= 0.3 is 0 Å². The van der Waals surface area contributed by atoms with E-state index < -0.39 is 0 Å². The van der Waals surface area contributed by atoms with Gasteiger partial charge in [0.1, 0.15) is 0 Å². The molecule has 6 heteroatoms. The van der Waals surface area contributed by atoms with E-state index in [0.29, 0.717) is 5.56 Å². The molecule has 0 aliphatic rings. The molecule has 0 spiro atoms. The van der Waals surface area contributed by atoms with Gasteiger partial charge in [-0.05, 0) is 64.8 Å². The number of nitrogen functional groups attached to an aromatic ring is 1. The number of benzene rings is 2. The summed E-state index contributed by atoms with van der Waals surface area (Å²) in [6.45, 7) is 1.89. The maximum Gasteiger partial charge on any atom is 0.255 e. The Balaban J connectivity index is 2.21. The minimum absolute atomic E-state index is 0.167. The molecule has 0 saturated heterocycles. The van der Waals surface area contributed by atoms with Gasteiger partial charge in [-0.15, -0.1) is 0 Å². The van der Waals surface area contributed by atoms with E-state index in [1.54, 1.807) is 18.2 Å². The summed E-state index contributed by atoms with van der Waals surface area (Å²) < 4.78 is 1.76. The molecule has 0 aliphatic carbocycles. The summed E-state index contributed by atoms with van der Waals surface area (Å²) >= 11 is 6.79. The third kappa shape index (κ3) is 3.39. The number of hydrogen-bond donors (Lipinski definition) is 3. The van der Waals surface area contributed by atoms with Crippen LogP contribution in [0, 0.1) is 6.92 Å². The zero-order valence-electron chi connectivity index (χ0n) is 10.7. The van der Waals surface area contributed by atoms with Gasteiger partial charge in [0.05, 0.1) is 11.4 Å². The highest BCUT2D eigenvalue weighted by atomic mass is 79.9. The molecule has 1 amide bonds. The first kappa shape index (κ1) is 15.0. The molecule has 0 atom stereocenters. The zero-order chi connectivity index (χ0) is 14.7. The van der Waals surface area contributed by atoms with Gasteiger partial charge in [0, 0.05) is 14.5 Å². The van der Waals surface area contributed by atoms with Crippen molar-refractivity contribution in [2.24, 2.45) is 5.84 Å². The van der Waals surface area contributed by atoms with E-state index in [1.807, 2.05) is 25.1 Å². The van der Waals surface area contributed by atoms with Gasteiger partial charge in [0.25, 0.3) is 5.91 Å². The van der Waals surface area contributed by atoms with Gasteiger partial charge in [-0.2, -0.15) is 0 Å². The molecular weight excluding hydrogens is 386 g/mol. The van der Waals surface area contributed by atoms with Crippen LogP contribution >= 0.6 is 31.9 Å². The summed E-state index contributed by atoms with van der Waals surface area (Å²) in [5.41, 5.74) is 5.59. The van der Waals surface area contributed by atoms with Crippen LogP contribution in [0.3, 0.4) is 0 Å². The van der Waals surface area contributed by atoms with Gasteiger partial charge in [0.2, 0.25) is 0 Å². The largest absolute Gasteiger partial charge is 0.324 e. The van der Waals surface area contributed by atoms with Crippen molar-refractivity contribution in [3.8, 4) is 0 Å². The maximum atomic E-state index is 12.2. The average molecular weight is 399 g/mol. The minimum atomic E-state index is -0.167. The number of hydrazine groups is 1. The fourth-order valence-electron chi connectivity index (χ4n) is 1.75. The Hall–Kier alpha value is -1.37. The average Bonchev–Trinajstić information content (AvgIpc) is 2.41. The van der Waals surface area contributed by atoms with Crippen molar-refractivity contribution in [2.45, 2.75) is 6.92 Å². The molecule has 0 radical (unpaired) electrons. The van der Waals surface area contributed by atoms with E-state index in [-0.39, 0.29) is 5.91 Å². The summed E-state index contributed by atoms with van der Waals surface area (Å²) in [4.78, 5) is 12.2. The van der Waals surface area contributed by atoms with E-state index in [9.17, 15) is 4.79 Å². The topological polar surface area (TPSA) is 67.2 Å². The second-order valence-corrected chi connectivity index (χ2v) is 6.02. The van der Waals surface area contributed by atoms with Crippen molar-refractivity contribution in [3.63, 3.8) is 0 Å². The summed E-state index contributed by atoms with van der Waals surface area (Å²) in [7, 11) is 0. The molecule has 0 heterocycles. The standard InChI is InChI=1S/C14H13Br2N3O/c1-8-6-9(2-4-12(8)19-17)14(20)18-13-5-3-10(15)7-11(13)16/h2-7,19H,17H2,1H3,(H,18,20). The molecule has 2 rings (SSSR count). The first-order valence-corrected chi connectivity index (χ1v) is 7.43. The number of nitrogens with one attached hydrogen (secondary N) is 2. The number of nitrogens with two attached hydrogens (primary N) is 1. The van der Waals surface area contributed by atoms with Gasteiger partial charge in [-0.3, -0.25) is 10.6 Å². The lowest BCUT2D eigenvalue weighted by atomic mass is 10.1. The molecule has 104 valence electrons. The number of aryl methyl sites for hydroxylation is 1. The van der Waals surface area contributed by atoms with E-state index >= 15 is 0 Å². The lowest BCUT2D eigenvalue weighted by Gasteiger charge is -2.10. The van der Waals surface area contributed by atoms with Gasteiger partial charge in [-0.1, -0.05) is 15.9 Å². The normalized spacial score (nSPS) is 10.2. The monoisotopic (exact) mass is 397 g/mol. The number of carbonyl (C=O) groups excluding carboxylic acids is 1. The molecule has 20 heavy (non-hydrogen) atoms. The Morgan fingerprint density at radius 3 is 2.40 bits per heavy atom. The van der Waals surface area contributed by atoms with Crippen LogP contribution in [0.15, 0.2) is 45.3 Å². The predicted molar refractivity (Wildman–Crippen MR) is 88.8 cm³/mol. The van der Waals surface area contributed by atoms with Crippen molar-refractivity contribution >= 4 is 49.1 Å². The molecule has 2 aromatic rings. The summed E-state index contributed by atoms with van der Waals surface area (Å²) in [5, 5.41) is 2.86. The highest BCUT2D eigenvalue weighted by Gasteiger charge is 2.10. The Bertz CT molecular complexity index is 659. The fourth-order valence-corrected chi connectivity index (χ4v) is 2.90. The second kappa shape index (κ2) is 6.39. The van der Waals surface area contributed by atoms with Crippen LogP contribution in [0.4, 0.5) is 11.4 Å². The lowest BCUT2D eigenvalue weighted by Crippen LogP contribution is -2.14. The van der Waals surface area contributed by atoms with Crippen molar-refractivity contribution < 1.29 is 4.79 Å². The van der Waals surface area contributed by atoms with Gasteiger partial charge in [0.15, 0.2) is 0 Å². The smallest absolute Gasteiger partial charge is 0.255 e. The van der Waals surface area contributed by atoms with Crippen molar-refractivity contribution in [1.82, 2.24) is 0 Å². The van der Waals surface area contributed by atoms with Crippen molar-refractivity contribution in [1.29, 1.82) is 0 Å². The molecule has 0 saturated carbocycles. The highest BCUT2D eigenvalue weighted by Crippen LogP contribution is 2.26. The Labute approximate surface area is 134 Å². The molecule has 0 unspecified atom stereocenters. The molecule has 0 aromatic heterocycles. The number of rotatable bonds is 3. The van der Waals surface area contributed by atoms with Gasteiger partial charge in [-0.25, -0.2) is 0 Å². The molecule has 0 aliphatic heterocycles. The molecule has 0 bridgehead atoms. The number of carbonyl (C=O) groups is 1. The number of anilines is 2. The van der Waals surface area contributed by atoms with Crippen LogP contribution in [0.5, 0.6) is 0 Å². The molecule has 4 N–H and O–H groups in total. The van der Waals surface area contributed by atoms with E-state index in [2.05, 4.69) is 42.6 Å². The first-order chi connectivity index (χ1) is 9.51. The molecule has 0 fully saturated rings. The maximum absolute atomic E-state index is 12.2. The van der Waals surface area contributed by atoms with Crippen LogP contribution in [-0.4, -0.2) is 5.91 Å². The third-order valence-corrected chi connectivity index (χ3v) is 3.97. The van der Waals surface area contributed by atoms with Gasteiger partial charge < -0.3 is 10.7 Å². The SMILES string of the molecule is Cc1cc(C(=O)Nc2ccc(Br)cc2Br)ccc1NN. The number of hydrogen-bond acceptors (Lipinski definition) is 3. The molecule has 4 nitrogen and oxygen atoms in total. The number of halogens is 2. The quantitative estimate of drug-likeness (QED) is 0.539. The Morgan fingerprint density at radius 2 is 1.80 bits per heavy atom. The Kier molecular flexibility index (Phi) is 4.80. The fraction of sp³-hybridized carbons (Fsp3) is 0.0714. The van der Waals surface area contributed by atoms with E-state index in [4.69, 9.17) is 5.84 Å². The highest BCUT2D eigenvalue weighted by molar-refractivity contribution is 9.11. The molecule has 2 aromatic carbocycles. The van der Waals surface area contributed by atoms with Crippen LogP contribution in [0.1, 0.15) is 15.9 Å². The molecular formula is C14H13Br2N3O. The second-order valence-electron chi connectivity index (χ2n) is 4.25. The lowest BCUT2D eigenvalue weighted by molar-refractivity contribution is 0.102. The first-order valence-electron chi connectivity index (χ1n) is 5.85. The van der Waals surface area contributed by atoms with Crippen LogP contribution in [-0.2, 0) is 0 Å². The number of amides is 1. The summed E-state index contributed by atoms with van der Waals surface area (Å²) in [5.74, 6) is 5.21. The van der Waals surface area contributed by atoms with Crippen LogP contribution in [0.25, 0.3) is 0 Å². The van der Waals surface area contributed by atoms with Crippen LogP contribution in [0.2, 0.25) is 0 Å². The van der Waals surface area contributed by atoms with E-state index in [1.165, 1.54) is 0 Å². The van der Waals surface area contributed by atoms with Crippen molar-refractivity contribution in [3.05, 3.63) is 56.5 Å². The zero-order valence-corrected chi connectivity index (χ0v) is 13.9. The third-order valence-electron chi connectivity index (χ3n) is 2.82. The van der Waals surface area contributed by atoms with Crippen LogP contribution < -0.4 is 16.6 Å². The summed E-state index contributed by atoms with van der Waals surface area (Å²) in [6, 6.07) is 10.9.